The molecule has 0 aromatic rings. The molecule has 226 valence electrons. The third-order valence-corrected chi connectivity index (χ3v) is 8.55. The summed E-state index contributed by atoms with van der Waals surface area (Å²) >= 11 is 0. The van der Waals surface area contributed by atoms with Crippen molar-refractivity contribution in [1.29, 1.82) is 0 Å². The highest BCUT2D eigenvalue weighted by Crippen LogP contribution is 2.30. The van der Waals surface area contributed by atoms with Crippen molar-refractivity contribution in [2.24, 2.45) is 5.92 Å². The van der Waals surface area contributed by atoms with Crippen LogP contribution in [0.25, 0.3) is 0 Å². The summed E-state index contributed by atoms with van der Waals surface area (Å²) in [7, 11) is 5.51. The van der Waals surface area contributed by atoms with Gasteiger partial charge in [0.05, 0.1) is 21.1 Å². The van der Waals surface area contributed by atoms with Gasteiger partial charge in [0.15, 0.2) is 0 Å². The van der Waals surface area contributed by atoms with E-state index in [0.717, 1.165) is 32.1 Å². The lowest BCUT2D eigenvalue weighted by Gasteiger charge is -2.43. The van der Waals surface area contributed by atoms with Gasteiger partial charge in [0.25, 0.3) is 5.72 Å². The number of carbonyl (C=O) groups is 2. The van der Waals surface area contributed by atoms with Gasteiger partial charge in [0.1, 0.15) is 11.7 Å². The minimum Gasteiger partial charge on any atom is -0.336 e. The summed E-state index contributed by atoms with van der Waals surface area (Å²) in [6.45, 7) is 6.28. The summed E-state index contributed by atoms with van der Waals surface area (Å²) < 4.78 is 0.0784. The van der Waals surface area contributed by atoms with E-state index in [1.165, 1.54) is 109 Å². The maximum atomic E-state index is 13.3. The number of nitrogens with zero attached hydrogens (tertiary/aromatic N) is 1. The lowest BCUT2D eigenvalue weighted by Crippen LogP contribution is -2.66. The van der Waals surface area contributed by atoms with Crippen molar-refractivity contribution in [1.82, 2.24) is 0 Å². The molecule has 0 bridgehead atoms. The molecule has 4 heteroatoms. The molecular weight excluding hydrogens is 470 g/mol. The van der Waals surface area contributed by atoms with E-state index in [1.807, 2.05) is 21.1 Å². The summed E-state index contributed by atoms with van der Waals surface area (Å²) in [5, 5.41) is 11.6. The van der Waals surface area contributed by atoms with Crippen LogP contribution in [0.4, 0.5) is 0 Å². The molecule has 0 heterocycles. The molecule has 0 saturated heterocycles. The number of hydrogen-bond donors (Lipinski definition) is 1. The minimum absolute atomic E-state index is 0.0313. The number of hydrogen-bond acceptors (Lipinski definition) is 3. The molecule has 38 heavy (non-hydrogen) atoms. The largest absolute Gasteiger partial charge is 0.336 e. The summed E-state index contributed by atoms with van der Waals surface area (Å²) in [5.74, 6) is -0.810. The Morgan fingerprint density at radius 1 is 0.553 bits per heavy atom. The second kappa shape index (κ2) is 23.0. The first-order valence-electron chi connectivity index (χ1n) is 16.7. The molecule has 0 amide bonds. The van der Waals surface area contributed by atoms with Crippen molar-refractivity contribution in [3.63, 3.8) is 0 Å². The summed E-state index contributed by atoms with van der Waals surface area (Å²) in [4.78, 5) is 26.3. The zero-order chi connectivity index (χ0) is 28.7. The maximum Gasteiger partial charge on any atom is 0.270 e. The topological polar surface area (TPSA) is 54.4 Å². The molecular formula is C34H68NO3+. The van der Waals surface area contributed by atoms with E-state index in [2.05, 4.69) is 13.8 Å². The fraction of sp³-hybridized carbons (Fsp3) is 0.941. The Kier molecular flexibility index (Phi) is 22.6. The van der Waals surface area contributed by atoms with E-state index < -0.39 is 11.6 Å². The van der Waals surface area contributed by atoms with Gasteiger partial charge in [-0.15, -0.1) is 0 Å². The summed E-state index contributed by atoms with van der Waals surface area (Å²) in [5.41, 5.74) is -1.65. The van der Waals surface area contributed by atoms with Crippen LogP contribution in [-0.2, 0) is 9.59 Å². The Labute approximate surface area is 238 Å². The molecule has 0 aliphatic carbocycles. The Hall–Kier alpha value is -0.740. The average Bonchev–Trinajstić information content (AvgIpc) is 2.88. The number of quaternary nitrogens is 1. The van der Waals surface area contributed by atoms with Gasteiger partial charge < -0.3 is 5.11 Å². The van der Waals surface area contributed by atoms with Crippen LogP contribution < -0.4 is 0 Å². The molecule has 1 N–H and O–H groups in total. The molecule has 0 aliphatic heterocycles. The Balaban J connectivity index is 4.27. The first kappa shape index (κ1) is 37.3. The first-order valence-corrected chi connectivity index (χ1v) is 16.7. The molecule has 0 radical (unpaired) electrons. The lowest BCUT2D eigenvalue weighted by molar-refractivity contribution is -0.941. The Morgan fingerprint density at radius 3 is 1.16 bits per heavy atom. The third kappa shape index (κ3) is 16.4. The molecule has 2 unspecified atom stereocenters. The van der Waals surface area contributed by atoms with Gasteiger partial charge in [-0.25, -0.2) is 0 Å². The van der Waals surface area contributed by atoms with E-state index >= 15 is 0 Å². The molecule has 0 aromatic carbocycles. The van der Waals surface area contributed by atoms with Gasteiger partial charge in [-0.05, 0) is 19.8 Å². The smallest absolute Gasteiger partial charge is 0.270 e. The van der Waals surface area contributed by atoms with Gasteiger partial charge in [-0.2, -0.15) is 0 Å². The SMILES string of the molecule is CCCCCCCCCCCCCC(=O)C(C)C(O)(C(=O)CCCCCCCCCCCCC)[N+](C)(C)C. The minimum atomic E-state index is -1.65. The van der Waals surface area contributed by atoms with E-state index in [0.29, 0.717) is 12.8 Å². The van der Waals surface area contributed by atoms with Crippen LogP contribution in [0.1, 0.15) is 175 Å². The normalized spacial score (nSPS) is 14.4. The van der Waals surface area contributed by atoms with Crippen LogP contribution in [0.5, 0.6) is 0 Å². The van der Waals surface area contributed by atoms with Crippen LogP contribution in [0.2, 0.25) is 0 Å². The molecule has 4 nitrogen and oxygen atoms in total. The number of unbranched alkanes of at least 4 members (excludes halogenated alkanes) is 20. The van der Waals surface area contributed by atoms with Gasteiger partial charge in [0, 0.05) is 12.8 Å². The number of aliphatic hydroxyl groups is 1. The van der Waals surface area contributed by atoms with E-state index in [9.17, 15) is 14.7 Å². The van der Waals surface area contributed by atoms with Crippen LogP contribution in [0, 0.1) is 5.92 Å². The Bertz CT molecular complexity index is 583. The number of likely N-dealkylation sites (N-methyl/N-ethyl adjacent to an activating group) is 1. The molecule has 0 saturated carbocycles. The van der Waals surface area contributed by atoms with E-state index in [1.54, 1.807) is 6.92 Å². The first-order chi connectivity index (χ1) is 18.1. The van der Waals surface area contributed by atoms with Crippen LogP contribution in [0.3, 0.4) is 0 Å². The third-order valence-electron chi connectivity index (χ3n) is 8.55. The average molecular weight is 539 g/mol. The summed E-state index contributed by atoms with van der Waals surface area (Å²) in [6, 6.07) is 0. The van der Waals surface area contributed by atoms with Crippen molar-refractivity contribution >= 4 is 11.6 Å². The maximum absolute atomic E-state index is 13.3. The molecule has 0 fully saturated rings. The van der Waals surface area contributed by atoms with Crippen molar-refractivity contribution in [2.75, 3.05) is 21.1 Å². The van der Waals surface area contributed by atoms with Crippen LogP contribution >= 0.6 is 0 Å². The summed E-state index contributed by atoms with van der Waals surface area (Å²) in [6.07, 6.45) is 28.1. The monoisotopic (exact) mass is 539 g/mol. The molecule has 0 spiro atoms. The van der Waals surface area contributed by atoms with Crippen molar-refractivity contribution in [3.8, 4) is 0 Å². The molecule has 0 aromatic heterocycles. The molecule has 0 rings (SSSR count). The standard InChI is InChI=1S/C34H68NO3/c1-7-9-11-13-15-17-19-21-23-25-27-29-32(36)31(3)34(38,35(4,5)6)33(37)30-28-26-24-22-20-18-16-14-12-10-8-2/h31,38H,7-30H2,1-6H3/q+1. The molecule has 0 aliphatic rings. The van der Waals surface area contributed by atoms with Crippen LogP contribution in [0.15, 0.2) is 0 Å². The highest BCUT2D eigenvalue weighted by Gasteiger charge is 2.54. The van der Waals surface area contributed by atoms with E-state index in [4.69, 9.17) is 0 Å². The fourth-order valence-corrected chi connectivity index (χ4v) is 5.73. The second-order valence-electron chi connectivity index (χ2n) is 12.9. The zero-order valence-corrected chi connectivity index (χ0v) is 26.8. The van der Waals surface area contributed by atoms with Crippen LogP contribution in [-0.4, -0.2) is 48.0 Å². The van der Waals surface area contributed by atoms with Crippen molar-refractivity contribution in [3.05, 3.63) is 0 Å². The number of Topliss-reactive ketones (excluding diaryl/α,β-unsaturated/α-hetero) is 2. The number of ketones is 2. The number of carbonyl (C=O) groups excluding carboxylic acids is 2. The highest BCUT2D eigenvalue weighted by molar-refractivity contribution is 5.93. The van der Waals surface area contributed by atoms with Gasteiger partial charge in [-0.1, -0.05) is 142 Å². The van der Waals surface area contributed by atoms with E-state index in [-0.39, 0.29) is 16.0 Å². The van der Waals surface area contributed by atoms with Crippen molar-refractivity contribution < 1.29 is 19.2 Å². The predicted molar refractivity (Wildman–Crippen MR) is 164 cm³/mol. The Morgan fingerprint density at radius 2 is 0.842 bits per heavy atom. The van der Waals surface area contributed by atoms with Crippen molar-refractivity contribution in [2.45, 2.75) is 181 Å². The quantitative estimate of drug-likeness (QED) is 0.0613. The van der Waals surface area contributed by atoms with Gasteiger partial charge >= 0.3 is 0 Å². The zero-order valence-electron chi connectivity index (χ0n) is 26.8. The van der Waals surface area contributed by atoms with Gasteiger partial charge in [-0.3, -0.25) is 14.1 Å². The lowest BCUT2D eigenvalue weighted by atomic mass is 9.83. The second-order valence-corrected chi connectivity index (χ2v) is 12.9. The fourth-order valence-electron chi connectivity index (χ4n) is 5.73. The highest BCUT2D eigenvalue weighted by atomic mass is 16.3. The molecule has 2 atom stereocenters. The van der Waals surface area contributed by atoms with Gasteiger partial charge in [0.2, 0.25) is 5.78 Å². The predicted octanol–water partition coefficient (Wildman–Crippen LogP) is 9.56. The number of rotatable bonds is 28.